The molecule has 0 aliphatic carbocycles. The zero-order chi connectivity index (χ0) is 10.4. The molecule has 0 heterocycles. The number of benzene rings is 1. The Bertz CT molecular complexity index is 273. The van der Waals surface area contributed by atoms with Gasteiger partial charge in [-0.25, -0.2) is 0 Å². The Morgan fingerprint density at radius 2 is 2.07 bits per heavy atom. The number of quaternary nitrogens is 1. The second kappa shape index (κ2) is 5.66. The first-order chi connectivity index (χ1) is 6.77. The van der Waals surface area contributed by atoms with Gasteiger partial charge in [0.2, 0.25) is 0 Å². The van der Waals surface area contributed by atoms with Crippen LogP contribution in [-0.4, -0.2) is 13.2 Å². The van der Waals surface area contributed by atoms with E-state index in [-0.39, 0.29) is 0 Å². The smallest absolute Gasteiger partial charge is 0.127 e. The number of hydrogen-bond acceptors (Lipinski definition) is 1. The van der Waals surface area contributed by atoms with Crippen molar-refractivity contribution < 1.29 is 10.1 Å². The van der Waals surface area contributed by atoms with E-state index < -0.39 is 0 Å². The Balaban J connectivity index is 2.57. The number of methoxy groups -OCH3 is 1. The number of rotatable bonds is 5. The summed E-state index contributed by atoms with van der Waals surface area (Å²) in [5.74, 6) is 0.993. The van der Waals surface area contributed by atoms with E-state index in [1.165, 1.54) is 12.0 Å². The normalized spacial score (nSPS) is 12.5. The Hall–Kier alpha value is -1.02. The van der Waals surface area contributed by atoms with E-state index >= 15 is 0 Å². The molecule has 0 saturated carbocycles. The predicted octanol–water partition coefficient (Wildman–Crippen LogP) is 1.56. The summed E-state index contributed by atoms with van der Waals surface area (Å²) < 4.78 is 5.29. The van der Waals surface area contributed by atoms with Crippen LogP contribution in [0.1, 0.15) is 25.8 Å². The number of para-hydroxylation sites is 1. The minimum atomic E-state index is 0.680. The van der Waals surface area contributed by atoms with E-state index in [0.717, 1.165) is 12.3 Å². The van der Waals surface area contributed by atoms with Crippen LogP contribution in [-0.2, 0) is 6.54 Å². The summed E-state index contributed by atoms with van der Waals surface area (Å²) in [6.07, 6.45) is 1.20. The Morgan fingerprint density at radius 1 is 1.36 bits per heavy atom. The van der Waals surface area contributed by atoms with Crippen molar-refractivity contribution in [2.45, 2.75) is 32.9 Å². The van der Waals surface area contributed by atoms with Crippen molar-refractivity contribution in [1.29, 1.82) is 0 Å². The predicted molar refractivity (Wildman–Crippen MR) is 58.4 cm³/mol. The lowest BCUT2D eigenvalue weighted by Gasteiger charge is -2.10. The van der Waals surface area contributed by atoms with Crippen molar-refractivity contribution >= 4 is 0 Å². The molecule has 2 nitrogen and oxygen atoms in total. The van der Waals surface area contributed by atoms with Crippen molar-refractivity contribution in [3.8, 4) is 5.75 Å². The van der Waals surface area contributed by atoms with Gasteiger partial charge in [0.25, 0.3) is 0 Å². The molecule has 1 aromatic carbocycles. The highest BCUT2D eigenvalue weighted by molar-refractivity contribution is 5.32. The molecule has 2 N–H and O–H groups in total. The zero-order valence-electron chi connectivity index (χ0n) is 9.29. The summed E-state index contributed by atoms with van der Waals surface area (Å²) in [6.45, 7) is 5.46. The van der Waals surface area contributed by atoms with Gasteiger partial charge in [-0.05, 0) is 25.5 Å². The first kappa shape index (κ1) is 11.1. The Kier molecular flexibility index (Phi) is 4.47. The topological polar surface area (TPSA) is 25.8 Å². The van der Waals surface area contributed by atoms with Gasteiger partial charge in [0, 0.05) is 5.56 Å². The number of hydrogen-bond donors (Lipinski definition) is 1. The maximum atomic E-state index is 5.29. The second-order valence-electron chi connectivity index (χ2n) is 3.64. The van der Waals surface area contributed by atoms with Gasteiger partial charge in [-0.2, -0.15) is 0 Å². The third kappa shape index (κ3) is 3.04. The molecule has 1 atom stereocenters. The Morgan fingerprint density at radius 3 is 2.71 bits per heavy atom. The third-order valence-electron chi connectivity index (χ3n) is 2.58. The van der Waals surface area contributed by atoms with E-state index in [9.17, 15) is 0 Å². The van der Waals surface area contributed by atoms with Crippen LogP contribution < -0.4 is 10.1 Å². The van der Waals surface area contributed by atoms with Gasteiger partial charge >= 0.3 is 0 Å². The van der Waals surface area contributed by atoms with Gasteiger partial charge in [0.1, 0.15) is 12.3 Å². The van der Waals surface area contributed by atoms with Crippen LogP contribution in [0.3, 0.4) is 0 Å². The van der Waals surface area contributed by atoms with Crippen LogP contribution in [0, 0.1) is 0 Å². The molecule has 2 heteroatoms. The van der Waals surface area contributed by atoms with E-state index in [2.05, 4.69) is 31.3 Å². The molecular weight excluding hydrogens is 174 g/mol. The molecule has 0 fully saturated rings. The van der Waals surface area contributed by atoms with Crippen molar-refractivity contribution in [2.24, 2.45) is 0 Å². The van der Waals surface area contributed by atoms with Crippen LogP contribution >= 0.6 is 0 Å². The molecule has 1 aromatic rings. The standard InChI is InChI=1S/C12H19NO/c1-4-10(2)13-9-11-7-5-6-8-12(11)14-3/h5-8,10,13H,4,9H2,1-3H3/p+1/t10-/m0/s1. The van der Waals surface area contributed by atoms with E-state index in [1.807, 2.05) is 12.1 Å². The van der Waals surface area contributed by atoms with Gasteiger partial charge in [0.15, 0.2) is 0 Å². The lowest BCUT2D eigenvalue weighted by Crippen LogP contribution is -2.87. The van der Waals surface area contributed by atoms with Gasteiger partial charge in [-0.1, -0.05) is 19.1 Å². The van der Waals surface area contributed by atoms with Gasteiger partial charge < -0.3 is 10.1 Å². The van der Waals surface area contributed by atoms with Gasteiger partial charge in [0.05, 0.1) is 13.2 Å². The summed E-state index contributed by atoms with van der Waals surface area (Å²) in [5, 5.41) is 2.35. The molecule has 0 saturated heterocycles. The van der Waals surface area contributed by atoms with Crippen LogP contribution in [0.5, 0.6) is 5.75 Å². The molecular formula is C12H20NO+. The highest BCUT2D eigenvalue weighted by Crippen LogP contribution is 2.15. The summed E-state index contributed by atoms with van der Waals surface area (Å²) >= 11 is 0. The molecule has 0 spiro atoms. The minimum absolute atomic E-state index is 0.680. The van der Waals surface area contributed by atoms with Crippen molar-refractivity contribution in [2.75, 3.05) is 7.11 Å². The van der Waals surface area contributed by atoms with Crippen molar-refractivity contribution in [3.63, 3.8) is 0 Å². The molecule has 0 bridgehead atoms. The molecule has 0 radical (unpaired) electrons. The summed E-state index contributed by atoms with van der Waals surface area (Å²) in [7, 11) is 1.72. The van der Waals surface area contributed by atoms with Crippen LogP contribution in [0.2, 0.25) is 0 Å². The van der Waals surface area contributed by atoms with E-state index in [0.29, 0.717) is 6.04 Å². The van der Waals surface area contributed by atoms with Crippen molar-refractivity contribution in [3.05, 3.63) is 29.8 Å². The molecule has 0 aliphatic heterocycles. The lowest BCUT2D eigenvalue weighted by atomic mass is 10.2. The molecule has 0 aromatic heterocycles. The first-order valence-electron chi connectivity index (χ1n) is 5.23. The average molecular weight is 194 g/mol. The van der Waals surface area contributed by atoms with Gasteiger partial charge in [-0.15, -0.1) is 0 Å². The molecule has 14 heavy (non-hydrogen) atoms. The summed E-state index contributed by atoms with van der Waals surface area (Å²) in [6, 6.07) is 8.88. The first-order valence-corrected chi connectivity index (χ1v) is 5.23. The number of nitrogens with two attached hydrogens (primary N) is 1. The fourth-order valence-electron chi connectivity index (χ4n) is 1.37. The molecule has 0 amide bonds. The molecule has 1 rings (SSSR count). The highest BCUT2D eigenvalue weighted by Gasteiger charge is 2.05. The lowest BCUT2D eigenvalue weighted by molar-refractivity contribution is -0.701. The quantitative estimate of drug-likeness (QED) is 0.756. The van der Waals surface area contributed by atoms with E-state index in [1.54, 1.807) is 7.11 Å². The zero-order valence-corrected chi connectivity index (χ0v) is 9.29. The van der Waals surface area contributed by atoms with Crippen LogP contribution in [0.25, 0.3) is 0 Å². The minimum Gasteiger partial charge on any atom is -0.496 e. The Labute approximate surface area is 86.3 Å². The summed E-state index contributed by atoms with van der Waals surface area (Å²) in [4.78, 5) is 0. The molecule has 0 aliphatic rings. The van der Waals surface area contributed by atoms with Crippen LogP contribution in [0.15, 0.2) is 24.3 Å². The van der Waals surface area contributed by atoms with Crippen LogP contribution in [0.4, 0.5) is 0 Å². The monoisotopic (exact) mass is 194 g/mol. The SMILES string of the molecule is CC[C@H](C)[NH2+]Cc1ccccc1OC. The third-order valence-corrected chi connectivity index (χ3v) is 2.58. The van der Waals surface area contributed by atoms with E-state index in [4.69, 9.17) is 4.74 Å². The second-order valence-corrected chi connectivity index (χ2v) is 3.64. The average Bonchev–Trinajstić information content (AvgIpc) is 2.26. The maximum Gasteiger partial charge on any atom is 0.127 e. The molecule has 0 unspecified atom stereocenters. The number of ether oxygens (including phenoxy) is 1. The highest BCUT2D eigenvalue weighted by atomic mass is 16.5. The summed E-state index contributed by atoms with van der Waals surface area (Å²) in [5.41, 5.74) is 1.27. The largest absolute Gasteiger partial charge is 0.496 e. The fourth-order valence-corrected chi connectivity index (χ4v) is 1.37. The van der Waals surface area contributed by atoms with Gasteiger partial charge in [-0.3, -0.25) is 0 Å². The maximum absolute atomic E-state index is 5.29. The molecule has 78 valence electrons. The fraction of sp³-hybridized carbons (Fsp3) is 0.500. The van der Waals surface area contributed by atoms with Crippen molar-refractivity contribution in [1.82, 2.24) is 0 Å².